The largest absolute Gasteiger partial charge is 0.497 e. The second-order valence-corrected chi connectivity index (χ2v) is 11.1. The van der Waals surface area contributed by atoms with Crippen LogP contribution in [0.25, 0.3) is 0 Å². The Balaban J connectivity index is 1.35. The van der Waals surface area contributed by atoms with Gasteiger partial charge in [-0.25, -0.2) is 0 Å². The van der Waals surface area contributed by atoms with Crippen LogP contribution in [0.5, 0.6) is 5.75 Å². The third kappa shape index (κ3) is 5.13. The maximum atomic E-state index is 12.8. The van der Waals surface area contributed by atoms with Crippen LogP contribution in [0, 0.1) is 11.3 Å². The highest BCUT2D eigenvalue weighted by Gasteiger charge is 2.27. The summed E-state index contributed by atoms with van der Waals surface area (Å²) in [5.41, 5.74) is 2.35. The Morgan fingerprint density at radius 3 is 2.53 bits per heavy atom. The summed E-state index contributed by atoms with van der Waals surface area (Å²) >= 11 is 5.83. The van der Waals surface area contributed by atoms with E-state index in [1.807, 2.05) is 60.5 Å². The van der Waals surface area contributed by atoms with Crippen LogP contribution >= 0.6 is 46.6 Å². The van der Waals surface area contributed by atoms with Crippen LogP contribution in [0.15, 0.2) is 72.7 Å². The van der Waals surface area contributed by atoms with Crippen molar-refractivity contribution in [2.75, 3.05) is 24.8 Å². The van der Waals surface area contributed by atoms with E-state index >= 15 is 0 Å². The summed E-state index contributed by atoms with van der Waals surface area (Å²) in [4.78, 5) is 15.7. The summed E-state index contributed by atoms with van der Waals surface area (Å²) in [7, 11) is 3.53. The van der Waals surface area contributed by atoms with Gasteiger partial charge in [0.05, 0.1) is 18.6 Å². The van der Waals surface area contributed by atoms with Gasteiger partial charge in [0.2, 0.25) is 0 Å². The fourth-order valence-electron chi connectivity index (χ4n) is 2.93. The first-order chi connectivity index (χ1) is 15.6. The highest BCUT2D eigenvalue weighted by molar-refractivity contribution is 8.04. The van der Waals surface area contributed by atoms with Crippen molar-refractivity contribution >= 4 is 58.1 Å². The molecule has 2 heterocycles. The number of methoxy groups -OCH3 is 1. The smallest absolute Gasteiger partial charge is 0.186 e. The number of ether oxygens (including phenoxy) is 1. The number of benzene rings is 2. The van der Waals surface area contributed by atoms with Crippen LogP contribution in [-0.4, -0.2) is 35.9 Å². The van der Waals surface area contributed by atoms with Gasteiger partial charge in [-0.3, -0.25) is 4.79 Å². The van der Waals surface area contributed by atoms with Crippen LogP contribution < -0.4 is 9.64 Å². The fraction of sp³-hybridized carbons (Fsp3) is 0.182. The number of thioether (sulfide) groups is 3. The van der Waals surface area contributed by atoms with E-state index in [1.54, 1.807) is 18.9 Å². The van der Waals surface area contributed by atoms with Gasteiger partial charge in [0.1, 0.15) is 22.4 Å². The van der Waals surface area contributed by atoms with E-state index in [9.17, 15) is 10.1 Å². The zero-order chi connectivity index (χ0) is 22.5. The van der Waals surface area contributed by atoms with E-state index in [4.69, 9.17) is 4.74 Å². The Kier molecular flexibility index (Phi) is 7.42. The van der Waals surface area contributed by atoms with Crippen molar-refractivity contribution < 1.29 is 9.53 Å². The van der Waals surface area contributed by atoms with E-state index in [2.05, 4.69) is 16.3 Å². The van der Waals surface area contributed by atoms with E-state index in [-0.39, 0.29) is 17.1 Å². The first-order valence-corrected chi connectivity index (χ1v) is 13.1. The number of allylic oxidation sites excluding steroid dienone is 1. The van der Waals surface area contributed by atoms with Crippen molar-refractivity contribution in [2.24, 2.45) is 0 Å². The molecular formula is C22H18N4O2S4. The molecule has 0 spiro atoms. The summed E-state index contributed by atoms with van der Waals surface area (Å²) < 4.78 is 6.74. The molecule has 0 saturated carbocycles. The molecule has 1 aliphatic rings. The molecule has 0 atom stereocenters. The first-order valence-electron chi connectivity index (χ1n) is 9.49. The number of ketones is 1. The summed E-state index contributed by atoms with van der Waals surface area (Å²) in [5.74, 6) is 1.55. The molecule has 0 radical (unpaired) electrons. The van der Waals surface area contributed by atoms with Gasteiger partial charge in [0, 0.05) is 17.7 Å². The Morgan fingerprint density at radius 2 is 1.84 bits per heavy atom. The van der Waals surface area contributed by atoms with Crippen LogP contribution in [0.2, 0.25) is 0 Å². The number of rotatable bonds is 8. The van der Waals surface area contributed by atoms with Crippen molar-refractivity contribution in [3.05, 3.63) is 64.7 Å². The minimum absolute atomic E-state index is 0.148. The Labute approximate surface area is 203 Å². The molecule has 162 valence electrons. The van der Waals surface area contributed by atoms with Crippen molar-refractivity contribution in [3.8, 4) is 11.8 Å². The Morgan fingerprint density at radius 1 is 1.12 bits per heavy atom. The molecule has 3 aromatic rings. The average Bonchev–Trinajstić information content (AvgIpc) is 3.42. The van der Waals surface area contributed by atoms with Crippen molar-refractivity contribution in [3.63, 3.8) is 0 Å². The second kappa shape index (κ2) is 10.4. The number of Topliss-reactive ketones (excluding diaryl/α,β-unsaturated/α-hetero) is 1. The quantitative estimate of drug-likeness (QED) is 0.228. The van der Waals surface area contributed by atoms with Gasteiger partial charge in [-0.2, -0.15) is 5.26 Å². The normalized spacial score (nSPS) is 14.1. The molecule has 0 N–H and O–H groups in total. The standard InChI is InChI=1S/C22H18N4O2S4/c1-26-17-5-3-4-6-19(17)31-20(26)16(11-23)18(27)13-30-22-25-24-21(32-22)29-12-14-7-9-15(28-2)10-8-14/h3-10H,12-13H2,1-2H3/b20-16+. The van der Waals surface area contributed by atoms with Gasteiger partial charge in [0.25, 0.3) is 0 Å². The van der Waals surface area contributed by atoms with Gasteiger partial charge in [-0.15, -0.1) is 10.2 Å². The lowest BCUT2D eigenvalue weighted by Crippen LogP contribution is -2.16. The number of hydrogen-bond acceptors (Lipinski definition) is 10. The number of anilines is 1. The first kappa shape index (κ1) is 22.7. The van der Waals surface area contributed by atoms with E-state index < -0.39 is 0 Å². The number of para-hydroxylation sites is 1. The summed E-state index contributed by atoms with van der Waals surface area (Å²) in [6.45, 7) is 0. The lowest BCUT2D eigenvalue weighted by Gasteiger charge is -2.14. The fourth-order valence-corrected chi connectivity index (χ4v) is 6.94. The number of hydrogen-bond donors (Lipinski definition) is 0. The third-order valence-corrected chi connectivity index (χ3v) is 9.08. The Hall–Kier alpha value is -2.45. The van der Waals surface area contributed by atoms with Gasteiger partial charge in [-0.1, -0.05) is 70.9 Å². The monoisotopic (exact) mass is 498 g/mol. The van der Waals surface area contributed by atoms with Gasteiger partial charge in [0.15, 0.2) is 14.5 Å². The van der Waals surface area contributed by atoms with Crippen molar-refractivity contribution in [2.45, 2.75) is 19.3 Å². The topological polar surface area (TPSA) is 79.1 Å². The van der Waals surface area contributed by atoms with Gasteiger partial charge >= 0.3 is 0 Å². The van der Waals surface area contributed by atoms with E-state index in [1.165, 1.54) is 40.4 Å². The number of nitrogens with zero attached hydrogens (tertiary/aromatic N) is 4. The number of fused-ring (bicyclic) bond motifs is 1. The number of nitriles is 1. The summed E-state index contributed by atoms with van der Waals surface area (Å²) in [6.07, 6.45) is 0. The highest BCUT2D eigenvalue weighted by atomic mass is 32.2. The number of carbonyl (C=O) groups is 1. The van der Waals surface area contributed by atoms with Crippen molar-refractivity contribution in [1.29, 1.82) is 5.26 Å². The predicted molar refractivity (Wildman–Crippen MR) is 132 cm³/mol. The maximum absolute atomic E-state index is 12.8. The van der Waals surface area contributed by atoms with E-state index in [0.29, 0.717) is 9.37 Å². The van der Waals surface area contributed by atoms with Crippen molar-refractivity contribution in [1.82, 2.24) is 10.2 Å². The SMILES string of the molecule is COc1ccc(CSc2nnc(SCC(=O)/C(C#N)=C3/Sc4ccccc4N3C)s2)cc1. The summed E-state index contributed by atoms with van der Waals surface area (Å²) in [6, 6.07) is 17.9. The van der Waals surface area contributed by atoms with Crippen LogP contribution in [0.1, 0.15) is 5.56 Å². The Bertz CT molecular complexity index is 1200. The van der Waals surface area contributed by atoms with Gasteiger partial charge in [-0.05, 0) is 29.8 Å². The molecule has 0 bridgehead atoms. The molecule has 2 aromatic carbocycles. The molecule has 0 aliphatic carbocycles. The number of carbonyl (C=O) groups excluding carboxylic acids is 1. The van der Waals surface area contributed by atoms with Gasteiger partial charge < -0.3 is 9.64 Å². The maximum Gasteiger partial charge on any atom is 0.186 e. The minimum atomic E-state index is -0.206. The molecule has 1 aliphatic heterocycles. The zero-order valence-corrected chi connectivity index (χ0v) is 20.5. The number of aromatic nitrogens is 2. The molecule has 0 amide bonds. The average molecular weight is 499 g/mol. The molecule has 10 heteroatoms. The lowest BCUT2D eigenvalue weighted by molar-refractivity contribution is -0.112. The molecule has 0 unspecified atom stereocenters. The zero-order valence-electron chi connectivity index (χ0n) is 17.3. The summed E-state index contributed by atoms with van der Waals surface area (Å²) in [5, 5.41) is 18.7. The highest BCUT2D eigenvalue weighted by Crippen LogP contribution is 2.46. The molecule has 4 rings (SSSR count). The lowest BCUT2D eigenvalue weighted by atomic mass is 10.2. The molecule has 1 aromatic heterocycles. The van der Waals surface area contributed by atoms with Crippen LogP contribution in [0.4, 0.5) is 5.69 Å². The molecular weight excluding hydrogens is 481 g/mol. The molecule has 32 heavy (non-hydrogen) atoms. The van der Waals surface area contributed by atoms with Crippen LogP contribution in [-0.2, 0) is 10.5 Å². The molecule has 0 fully saturated rings. The second-order valence-electron chi connectivity index (χ2n) is 6.60. The third-order valence-electron chi connectivity index (χ3n) is 4.58. The minimum Gasteiger partial charge on any atom is -0.497 e. The predicted octanol–water partition coefficient (Wildman–Crippen LogP) is 5.48. The van der Waals surface area contributed by atoms with E-state index in [0.717, 1.165) is 26.4 Å². The van der Waals surface area contributed by atoms with Crippen LogP contribution in [0.3, 0.4) is 0 Å². The molecule has 0 saturated heterocycles. The molecule has 6 nitrogen and oxygen atoms in total.